The lowest BCUT2D eigenvalue weighted by Crippen LogP contribution is -2.35. The highest BCUT2D eigenvalue weighted by Gasteiger charge is 2.47. The number of anilines is 1. The number of ketones is 1. The van der Waals surface area contributed by atoms with Crippen LogP contribution >= 0.6 is 0 Å². The number of rotatable bonds is 8. The second-order valence-corrected chi connectivity index (χ2v) is 14.2. The molecule has 0 aromatic heterocycles. The van der Waals surface area contributed by atoms with Crippen LogP contribution in [0, 0.1) is 0 Å². The van der Waals surface area contributed by atoms with Gasteiger partial charge in [-0.2, -0.15) is 4.58 Å². The zero-order chi connectivity index (χ0) is 32.4. The van der Waals surface area contributed by atoms with E-state index in [-0.39, 0.29) is 22.4 Å². The predicted octanol–water partition coefficient (Wildman–Crippen LogP) is 8.77. The molecule has 7 rings (SSSR count). The van der Waals surface area contributed by atoms with Crippen LogP contribution in [-0.2, 0) is 15.6 Å². The molecule has 2 aliphatic heterocycles. The zero-order valence-corrected chi connectivity index (χ0v) is 28.0. The summed E-state index contributed by atoms with van der Waals surface area (Å²) in [6, 6.07) is 25.8. The number of carbonyl (C=O) groups is 1. The average molecular weight is 609 g/mol. The van der Waals surface area contributed by atoms with E-state index in [0.717, 1.165) is 50.2 Å². The van der Waals surface area contributed by atoms with Crippen LogP contribution in [0.3, 0.4) is 0 Å². The summed E-state index contributed by atoms with van der Waals surface area (Å²) < 4.78 is 2.35. The van der Waals surface area contributed by atoms with Gasteiger partial charge in [0.2, 0.25) is 5.69 Å². The molecule has 4 heteroatoms. The smallest absolute Gasteiger partial charge is 0.210 e. The molecule has 1 aliphatic carbocycles. The predicted molar refractivity (Wildman–Crippen MR) is 189 cm³/mol. The SMILES string of the molecule is CCCCN1/C(=C\C2=C([O-])C(=C\C3=[N+](CCCC)c4ccc5ccccc5c4C3(C)C)/C2=O)C(C)(C)c2c1ccc1ccccc21. The van der Waals surface area contributed by atoms with Gasteiger partial charge >= 0.3 is 0 Å². The van der Waals surface area contributed by atoms with Gasteiger partial charge < -0.3 is 10.0 Å². The number of nitrogens with zero attached hydrogens (tertiary/aromatic N) is 2. The third kappa shape index (κ3) is 4.40. The normalized spacial score (nSPS) is 20.0. The lowest BCUT2D eigenvalue weighted by atomic mass is 9.76. The molecule has 46 heavy (non-hydrogen) atoms. The highest BCUT2D eigenvalue weighted by Crippen LogP contribution is 2.52. The molecule has 0 fully saturated rings. The monoisotopic (exact) mass is 608 g/mol. The van der Waals surface area contributed by atoms with Crippen LogP contribution in [0.2, 0.25) is 0 Å². The highest BCUT2D eigenvalue weighted by molar-refractivity contribution is 6.24. The third-order valence-corrected chi connectivity index (χ3v) is 10.5. The van der Waals surface area contributed by atoms with Crippen molar-refractivity contribution in [3.63, 3.8) is 0 Å². The van der Waals surface area contributed by atoms with Gasteiger partial charge in [0.1, 0.15) is 6.54 Å². The summed E-state index contributed by atoms with van der Waals surface area (Å²) in [5.41, 5.74) is 6.82. The fourth-order valence-corrected chi connectivity index (χ4v) is 8.07. The number of allylic oxidation sites excluding steroid dienone is 5. The van der Waals surface area contributed by atoms with Crippen molar-refractivity contribution in [2.24, 2.45) is 0 Å². The van der Waals surface area contributed by atoms with Crippen molar-refractivity contribution in [3.8, 4) is 0 Å². The Morgan fingerprint density at radius 3 is 2.04 bits per heavy atom. The van der Waals surface area contributed by atoms with Crippen molar-refractivity contribution in [3.05, 3.63) is 119 Å². The highest BCUT2D eigenvalue weighted by atomic mass is 16.3. The fraction of sp³-hybridized carbons (Fsp3) is 0.333. The van der Waals surface area contributed by atoms with Gasteiger partial charge in [-0.1, -0.05) is 101 Å². The number of hydrogen-bond acceptors (Lipinski definition) is 3. The molecule has 0 radical (unpaired) electrons. The zero-order valence-electron chi connectivity index (χ0n) is 28.0. The lowest BCUT2D eigenvalue weighted by Gasteiger charge is -2.33. The van der Waals surface area contributed by atoms with Crippen molar-refractivity contribution in [2.45, 2.75) is 78.1 Å². The first-order valence-electron chi connectivity index (χ1n) is 17.0. The first-order valence-corrected chi connectivity index (χ1v) is 17.0. The summed E-state index contributed by atoms with van der Waals surface area (Å²) in [7, 11) is 0. The van der Waals surface area contributed by atoms with E-state index in [1.165, 1.54) is 44.0 Å². The Morgan fingerprint density at radius 2 is 1.39 bits per heavy atom. The van der Waals surface area contributed by atoms with Gasteiger partial charge in [0.15, 0.2) is 11.5 Å². The van der Waals surface area contributed by atoms with Crippen molar-refractivity contribution in [1.82, 2.24) is 0 Å². The molecule has 2 heterocycles. The maximum atomic E-state index is 14.0. The molecule has 0 spiro atoms. The standard InChI is InChI=1S/C42H44N2O2/c1-7-9-23-43-33-21-19-27-15-11-13-17-29(27)37(33)41(3,4)35(43)25-31-39(45)32(40(31)46)26-36-42(5,6)38-30-18-14-12-16-28(30)20-22-34(38)44(36)24-10-8-2/h11-22,25-26H,7-10,23-24H2,1-6H3. The number of unbranched alkanes of at least 4 members (excludes halogenated alkanes) is 2. The Morgan fingerprint density at radius 1 is 0.761 bits per heavy atom. The van der Waals surface area contributed by atoms with Gasteiger partial charge in [-0.25, -0.2) is 0 Å². The summed E-state index contributed by atoms with van der Waals surface area (Å²) in [5.74, 6) is -0.298. The molecule has 3 aliphatic rings. The minimum Gasteiger partial charge on any atom is -0.871 e. The van der Waals surface area contributed by atoms with Crippen LogP contribution in [-0.4, -0.2) is 29.2 Å². The molecule has 0 bridgehead atoms. The van der Waals surface area contributed by atoms with E-state index in [9.17, 15) is 9.90 Å². The molecular weight excluding hydrogens is 564 g/mol. The molecular formula is C42H44N2O2. The van der Waals surface area contributed by atoms with Gasteiger partial charge in [-0.3, -0.25) is 4.79 Å². The van der Waals surface area contributed by atoms with E-state index in [4.69, 9.17) is 0 Å². The minimum absolute atomic E-state index is 0.149. The number of hydrogen-bond donors (Lipinski definition) is 0. The Labute approximate surface area is 273 Å². The average Bonchev–Trinajstić information content (AvgIpc) is 3.41. The third-order valence-electron chi connectivity index (χ3n) is 10.5. The Bertz CT molecular complexity index is 2050. The van der Waals surface area contributed by atoms with Crippen molar-refractivity contribution >= 4 is 44.4 Å². The van der Waals surface area contributed by atoms with Crippen LogP contribution in [0.4, 0.5) is 11.4 Å². The Hall–Kier alpha value is -4.44. The molecule has 0 saturated carbocycles. The Balaban J connectivity index is 1.34. The lowest BCUT2D eigenvalue weighted by molar-refractivity contribution is -0.438. The summed E-state index contributed by atoms with van der Waals surface area (Å²) in [4.78, 5) is 16.3. The first-order chi connectivity index (χ1) is 22.1. The van der Waals surface area contributed by atoms with Crippen molar-refractivity contribution in [1.29, 1.82) is 0 Å². The largest absolute Gasteiger partial charge is 0.871 e. The summed E-state index contributed by atoms with van der Waals surface area (Å²) in [6.45, 7) is 15.0. The number of benzene rings is 4. The maximum Gasteiger partial charge on any atom is 0.210 e. The van der Waals surface area contributed by atoms with Gasteiger partial charge in [0.05, 0.1) is 5.41 Å². The fourth-order valence-electron chi connectivity index (χ4n) is 8.07. The summed E-state index contributed by atoms with van der Waals surface area (Å²) >= 11 is 0. The molecule has 4 aromatic rings. The van der Waals surface area contributed by atoms with Gasteiger partial charge in [-0.05, 0) is 65.6 Å². The van der Waals surface area contributed by atoms with Crippen molar-refractivity contribution < 1.29 is 14.5 Å². The summed E-state index contributed by atoms with van der Waals surface area (Å²) in [6.07, 6.45) is 8.00. The van der Waals surface area contributed by atoms with Gasteiger partial charge in [0, 0.05) is 58.6 Å². The van der Waals surface area contributed by atoms with E-state index < -0.39 is 0 Å². The van der Waals surface area contributed by atoms with Crippen LogP contribution in [0.25, 0.3) is 21.5 Å². The molecule has 0 unspecified atom stereocenters. The van der Waals surface area contributed by atoms with E-state index in [1.807, 2.05) is 12.2 Å². The van der Waals surface area contributed by atoms with E-state index >= 15 is 0 Å². The molecule has 0 atom stereocenters. The number of Topliss-reactive ketones (excluding diaryl/α,β-unsaturated/α-hetero) is 1. The first kappa shape index (κ1) is 30.2. The van der Waals surface area contributed by atoms with E-state index in [1.54, 1.807) is 0 Å². The molecule has 4 aromatic carbocycles. The van der Waals surface area contributed by atoms with Crippen LogP contribution in [0.5, 0.6) is 0 Å². The molecule has 0 saturated heterocycles. The number of carbonyl (C=O) groups excluding carboxylic acids is 1. The molecule has 0 N–H and O–H groups in total. The topological polar surface area (TPSA) is 46.4 Å². The molecule has 0 amide bonds. The van der Waals surface area contributed by atoms with Crippen molar-refractivity contribution in [2.75, 3.05) is 18.0 Å². The number of fused-ring (bicyclic) bond motifs is 6. The van der Waals surface area contributed by atoms with Crippen LogP contribution < -0.4 is 10.0 Å². The quantitative estimate of drug-likeness (QED) is 0.148. The van der Waals surface area contributed by atoms with E-state index in [2.05, 4.69) is 124 Å². The second-order valence-electron chi connectivity index (χ2n) is 14.2. The maximum absolute atomic E-state index is 14.0. The van der Waals surface area contributed by atoms with Crippen LogP contribution in [0.15, 0.2) is 108 Å². The molecule has 234 valence electrons. The second kappa shape index (κ2) is 11.1. The molecule has 4 nitrogen and oxygen atoms in total. The van der Waals surface area contributed by atoms with Crippen LogP contribution in [0.1, 0.15) is 78.4 Å². The van der Waals surface area contributed by atoms with Gasteiger partial charge in [0.25, 0.3) is 0 Å². The minimum atomic E-state index is -0.362. The Kier molecular flexibility index (Phi) is 7.31. The van der Waals surface area contributed by atoms with Gasteiger partial charge in [-0.15, -0.1) is 0 Å². The van der Waals surface area contributed by atoms with E-state index in [0.29, 0.717) is 11.1 Å². The summed E-state index contributed by atoms with van der Waals surface area (Å²) in [5, 5.41) is 18.8.